The Kier molecular flexibility index (Phi) is 6.32. The molecule has 5 heteroatoms. The summed E-state index contributed by atoms with van der Waals surface area (Å²) in [6.45, 7) is 4.86. The van der Waals surface area contributed by atoms with Gasteiger partial charge in [0, 0.05) is 31.3 Å². The first-order valence-corrected chi connectivity index (χ1v) is 5.95. The maximum atomic E-state index is 11.7. The Morgan fingerprint density at radius 1 is 1.16 bits per heavy atom. The van der Waals surface area contributed by atoms with Crippen molar-refractivity contribution in [2.45, 2.75) is 0 Å². The maximum Gasteiger partial charge on any atom is 0.251 e. The Morgan fingerprint density at radius 3 is 2.16 bits per heavy atom. The fourth-order valence-corrected chi connectivity index (χ4v) is 1.41. The van der Waals surface area contributed by atoms with Crippen molar-refractivity contribution in [3.8, 4) is 0 Å². The van der Waals surface area contributed by atoms with Gasteiger partial charge in [0.2, 0.25) is 0 Å². The normalized spacial score (nSPS) is 9.74. The van der Waals surface area contributed by atoms with Gasteiger partial charge in [-0.25, -0.2) is 0 Å². The molecule has 0 bridgehead atoms. The molecule has 0 radical (unpaired) electrons. The summed E-state index contributed by atoms with van der Waals surface area (Å²) >= 11 is 0. The van der Waals surface area contributed by atoms with Gasteiger partial charge in [-0.2, -0.15) is 0 Å². The molecule has 19 heavy (non-hydrogen) atoms. The van der Waals surface area contributed by atoms with Crippen molar-refractivity contribution in [3.05, 3.63) is 48.0 Å². The van der Waals surface area contributed by atoms with E-state index in [9.17, 15) is 9.59 Å². The number of hydrogen-bond donors (Lipinski definition) is 2. The molecule has 0 saturated carbocycles. The summed E-state index contributed by atoms with van der Waals surface area (Å²) in [4.78, 5) is 23.3. The van der Waals surface area contributed by atoms with Crippen LogP contribution in [0.2, 0.25) is 0 Å². The van der Waals surface area contributed by atoms with Crippen molar-refractivity contribution >= 4 is 11.8 Å². The number of nitrogens with one attached hydrogen (secondary N) is 2. The van der Waals surface area contributed by atoms with Gasteiger partial charge in [0.1, 0.15) is 0 Å². The van der Waals surface area contributed by atoms with Crippen LogP contribution in [0.5, 0.6) is 0 Å². The van der Waals surface area contributed by atoms with Gasteiger partial charge in [0.05, 0.1) is 6.61 Å². The third-order valence-electron chi connectivity index (χ3n) is 2.41. The van der Waals surface area contributed by atoms with Crippen LogP contribution in [-0.4, -0.2) is 38.6 Å². The Hall–Kier alpha value is -2.14. The van der Waals surface area contributed by atoms with Crippen molar-refractivity contribution in [1.82, 2.24) is 10.6 Å². The molecule has 1 aromatic carbocycles. The van der Waals surface area contributed by atoms with Crippen molar-refractivity contribution < 1.29 is 14.3 Å². The molecular weight excluding hydrogens is 244 g/mol. The second-order valence-electron chi connectivity index (χ2n) is 3.82. The van der Waals surface area contributed by atoms with Gasteiger partial charge in [0.25, 0.3) is 11.8 Å². The van der Waals surface area contributed by atoms with Crippen LogP contribution >= 0.6 is 0 Å². The smallest absolute Gasteiger partial charge is 0.251 e. The monoisotopic (exact) mass is 262 g/mol. The Balaban J connectivity index is 2.57. The molecule has 0 unspecified atom stereocenters. The van der Waals surface area contributed by atoms with Gasteiger partial charge in [-0.1, -0.05) is 6.08 Å². The lowest BCUT2D eigenvalue weighted by atomic mass is 10.1. The SMILES string of the molecule is C=CCNC(=O)c1ccc(C(=O)NCCOC)cc1. The van der Waals surface area contributed by atoms with Gasteiger partial charge in [-0.05, 0) is 24.3 Å². The van der Waals surface area contributed by atoms with Crippen molar-refractivity contribution in [1.29, 1.82) is 0 Å². The minimum atomic E-state index is -0.189. The van der Waals surface area contributed by atoms with E-state index in [1.54, 1.807) is 37.5 Å². The second kappa shape index (κ2) is 8.05. The summed E-state index contributed by atoms with van der Waals surface area (Å²) in [5.74, 6) is -0.374. The Bertz CT molecular complexity index is 441. The summed E-state index contributed by atoms with van der Waals surface area (Å²) < 4.78 is 4.84. The molecule has 0 aliphatic carbocycles. The van der Waals surface area contributed by atoms with Crippen LogP contribution in [0, 0.1) is 0 Å². The zero-order valence-electron chi connectivity index (χ0n) is 10.9. The molecule has 0 aromatic heterocycles. The standard InChI is InChI=1S/C14H18N2O3/c1-3-8-15-13(17)11-4-6-12(7-5-11)14(18)16-9-10-19-2/h3-7H,1,8-10H2,2H3,(H,15,17)(H,16,18). The van der Waals surface area contributed by atoms with E-state index in [4.69, 9.17) is 4.74 Å². The van der Waals surface area contributed by atoms with Crippen LogP contribution < -0.4 is 10.6 Å². The molecule has 0 fully saturated rings. The first-order valence-electron chi connectivity index (χ1n) is 5.95. The molecule has 0 saturated heterocycles. The summed E-state index contributed by atoms with van der Waals surface area (Å²) in [5, 5.41) is 5.37. The average molecular weight is 262 g/mol. The zero-order chi connectivity index (χ0) is 14.1. The van der Waals surface area contributed by atoms with Gasteiger partial charge in [0.15, 0.2) is 0 Å². The number of methoxy groups -OCH3 is 1. The topological polar surface area (TPSA) is 67.4 Å². The van der Waals surface area contributed by atoms with E-state index >= 15 is 0 Å². The molecular formula is C14H18N2O3. The molecule has 0 aliphatic heterocycles. The maximum absolute atomic E-state index is 11.7. The van der Waals surface area contributed by atoms with E-state index in [2.05, 4.69) is 17.2 Å². The number of hydrogen-bond acceptors (Lipinski definition) is 3. The lowest BCUT2D eigenvalue weighted by Gasteiger charge is -2.06. The highest BCUT2D eigenvalue weighted by Crippen LogP contribution is 2.04. The van der Waals surface area contributed by atoms with Crippen molar-refractivity contribution in [2.24, 2.45) is 0 Å². The number of amides is 2. The number of carbonyl (C=O) groups excluding carboxylic acids is 2. The number of rotatable bonds is 7. The van der Waals surface area contributed by atoms with Gasteiger partial charge >= 0.3 is 0 Å². The fourth-order valence-electron chi connectivity index (χ4n) is 1.41. The molecule has 1 aromatic rings. The molecule has 2 amide bonds. The Labute approximate surface area is 112 Å². The molecule has 0 atom stereocenters. The molecule has 0 heterocycles. The molecule has 2 N–H and O–H groups in total. The Morgan fingerprint density at radius 2 is 1.68 bits per heavy atom. The minimum absolute atomic E-state index is 0.185. The molecule has 0 spiro atoms. The third kappa shape index (κ3) is 4.93. The van der Waals surface area contributed by atoms with E-state index in [0.717, 1.165) is 0 Å². The van der Waals surface area contributed by atoms with E-state index < -0.39 is 0 Å². The third-order valence-corrected chi connectivity index (χ3v) is 2.41. The minimum Gasteiger partial charge on any atom is -0.383 e. The van der Waals surface area contributed by atoms with Crippen LogP contribution in [0.15, 0.2) is 36.9 Å². The molecule has 5 nitrogen and oxygen atoms in total. The quantitative estimate of drug-likeness (QED) is 0.568. The van der Waals surface area contributed by atoms with E-state index in [0.29, 0.717) is 30.8 Å². The number of carbonyl (C=O) groups is 2. The predicted octanol–water partition coefficient (Wildman–Crippen LogP) is 0.979. The van der Waals surface area contributed by atoms with Crippen LogP contribution in [0.25, 0.3) is 0 Å². The van der Waals surface area contributed by atoms with Crippen molar-refractivity contribution in [2.75, 3.05) is 26.8 Å². The first kappa shape index (κ1) is 14.9. The lowest BCUT2D eigenvalue weighted by molar-refractivity contribution is 0.0932. The largest absolute Gasteiger partial charge is 0.383 e. The highest BCUT2D eigenvalue weighted by Gasteiger charge is 2.07. The van der Waals surface area contributed by atoms with Gasteiger partial charge < -0.3 is 15.4 Å². The number of ether oxygens (including phenoxy) is 1. The molecule has 1 rings (SSSR count). The molecule has 102 valence electrons. The second-order valence-corrected chi connectivity index (χ2v) is 3.82. The van der Waals surface area contributed by atoms with E-state index in [1.807, 2.05) is 0 Å². The van der Waals surface area contributed by atoms with Crippen molar-refractivity contribution in [3.63, 3.8) is 0 Å². The fraction of sp³-hybridized carbons (Fsp3) is 0.286. The number of benzene rings is 1. The first-order chi connectivity index (χ1) is 9.19. The van der Waals surface area contributed by atoms with Crippen LogP contribution in [0.3, 0.4) is 0 Å². The highest BCUT2D eigenvalue weighted by atomic mass is 16.5. The van der Waals surface area contributed by atoms with Crippen LogP contribution in [-0.2, 0) is 4.74 Å². The van der Waals surface area contributed by atoms with Crippen LogP contribution in [0.1, 0.15) is 20.7 Å². The van der Waals surface area contributed by atoms with Crippen LogP contribution in [0.4, 0.5) is 0 Å². The highest BCUT2D eigenvalue weighted by molar-refractivity contribution is 5.97. The summed E-state index contributed by atoms with van der Waals surface area (Å²) in [6, 6.07) is 6.46. The van der Waals surface area contributed by atoms with E-state index in [-0.39, 0.29) is 11.8 Å². The predicted molar refractivity (Wildman–Crippen MR) is 73.2 cm³/mol. The zero-order valence-corrected chi connectivity index (χ0v) is 10.9. The van der Waals surface area contributed by atoms with Gasteiger partial charge in [-0.3, -0.25) is 9.59 Å². The summed E-state index contributed by atoms with van der Waals surface area (Å²) in [7, 11) is 1.57. The van der Waals surface area contributed by atoms with E-state index in [1.165, 1.54) is 0 Å². The average Bonchev–Trinajstić information content (AvgIpc) is 2.45. The summed E-state index contributed by atoms with van der Waals surface area (Å²) in [6.07, 6.45) is 1.61. The van der Waals surface area contributed by atoms with Gasteiger partial charge in [-0.15, -0.1) is 6.58 Å². The summed E-state index contributed by atoms with van der Waals surface area (Å²) in [5.41, 5.74) is 1.02. The lowest BCUT2D eigenvalue weighted by Crippen LogP contribution is -2.27. The molecule has 0 aliphatic rings.